The van der Waals surface area contributed by atoms with Gasteiger partial charge in [-0.2, -0.15) is 0 Å². The van der Waals surface area contributed by atoms with Crippen molar-refractivity contribution in [2.45, 2.75) is 83.0 Å². The molecular weight excluding hydrogens is 304 g/mol. The van der Waals surface area contributed by atoms with Gasteiger partial charge >= 0.3 is 6.09 Å². The van der Waals surface area contributed by atoms with Gasteiger partial charge in [0.2, 0.25) is 5.91 Å². The number of halogens is 1. The van der Waals surface area contributed by atoms with Crippen LogP contribution in [0.4, 0.5) is 4.79 Å². The van der Waals surface area contributed by atoms with Gasteiger partial charge in [0.15, 0.2) is 0 Å². The van der Waals surface area contributed by atoms with E-state index in [0.29, 0.717) is 6.04 Å². The molecule has 0 radical (unpaired) electrons. The molecule has 22 heavy (non-hydrogen) atoms. The van der Waals surface area contributed by atoms with Crippen molar-refractivity contribution in [3.63, 3.8) is 0 Å². The van der Waals surface area contributed by atoms with Crippen LogP contribution in [0.1, 0.15) is 59.3 Å². The summed E-state index contributed by atoms with van der Waals surface area (Å²) in [5.74, 6) is -0.0151. The van der Waals surface area contributed by atoms with E-state index in [1.165, 1.54) is 0 Å². The Hall–Kier alpha value is -0.970. The van der Waals surface area contributed by atoms with Crippen LogP contribution in [0.25, 0.3) is 0 Å². The number of carbonyl (C=O) groups excluding carboxylic acids is 2. The molecule has 0 bridgehead atoms. The molecule has 2 saturated carbocycles. The summed E-state index contributed by atoms with van der Waals surface area (Å²) in [5.41, 5.74) is -0.517. The number of nitrogens with one attached hydrogen (secondary N) is 1. The van der Waals surface area contributed by atoms with Gasteiger partial charge in [0.05, 0.1) is 12.1 Å². The van der Waals surface area contributed by atoms with Gasteiger partial charge in [0.25, 0.3) is 0 Å². The fraction of sp³-hybridized carbons (Fsp3) is 0.875. The zero-order valence-electron chi connectivity index (χ0n) is 13.7. The highest BCUT2D eigenvalue weighted by Gasteiger charge is 2.41. The summed E-state index contributed by atoms with van der Waals surface area (Å²) < 4.78 is 5.35. The fourth-order valence-corrected chi connectivity index (χ4v) is 3.29. The first-order valence-electron chi connectivity index (χ1n) is 8.18. The van der Waals surface area contributed by atoms with Crippen molar-refractivity contribution in [2.75, 3.05) is 5.88 Å². The molecule has 2 atom stereocenters. The summed E-state index contributed by atoms with van der Waals surface area (Å²) in [6, 6.07) is 0.300. The largest absolute Gasteiger partial charge is 0.444 e. The van der Waals surface area contributed by atoms with E-state index in [4.69, 9.17) is 16.3 Å². The van der Waals surface area contributed by atoms with Crippen LogP contribution >= 0.6 is 11.6 Å². The van der Waals surface area contributed by atoms with Crippen LogP contribution in [-0.2, 0) is 9.53 Å². The number of amides is 2. The van der Waals surface area contributed by atoms with Crippen LogP contribution in [0.3, 0.4) is 0 Å². The predicted octanol–water partition coefficient (Wildman–Crippen LogP) is 3.05. The lowest BCUT2D eigenvalue weighted by Gasteiger charge is -2.40. The van der Waals surface area contributed by atoms with Crippen molar-refractivity contribution in [3.05, 3.63) is 0 Å². The van der Waals surface area contributed by atoms with Gasteiger partial charge in [0.1, 0.15) is 11.5 Å². The third kappa shape index (κ3) is 4.77. The summed E-state index contributed by atoms with van der Waals surface area (Å²) >= 11 is 5.78. The van der Waals surface area contributed by atoms with E-state index in [1.807, 2.05) is 25.7 Å². The molecule has 0 aromatic rings. The highest BCUT2D eigenvalue weighted by atomic mass is 35.5. The molecule has 2 aliphatic carbocycles. The molecule has 2 fully saturated rings. The number of alkyl halides is 1. The van der Waals surface area contributed by atoms with Gasteiger partial charge in [-0.1, -0.05) is 12.8 Å². The van der Waals surface area contributed by atoms with E-state index in [1.54, 1.807) is 0 Å². The van der Waals surface area contributed by atoms with Crippen molar-refractivity contribution < 1.29 is 14.3 Å². The molecule has 0 saturated heterocycles. The monoisotopic (exact) mass is 330 g/mol. The standard InChI is InChI=1S/C16H27ClN2O3/c1-16(2,3)22-15(21)18-12-6-4-5-7-13(12)19(11-8-9-11)14(20)10-17/h11-13H,4-10H2,1-3H3,(H,18,21)/t12-,13+/m1/s1. The highest BCUT2D eigenvalue weighted by Crippen LogP contribution is 2.34. The number of nitrogens with zero attached hydrogens (tertiary/aromatic N) is 1. The molecule has 6 heteroatoms. The number of ether oxygens (including phenoxy) is 1. The van der Waals surface area contributed by atoms with Crippen molar-refractivity contribution in [2.24, 2.45) is 0 Å². The van der Waals surface area contributed by atoms with Crippen molar-refractivity contribution in [1.82, 2.24) is 10.2 Å². The van der Waals surface area contributed by atoms with E-state index >= 15 is 0 Å². The molecular formula is C16H27ClN2O3. The van der Waals surface area contributed by atoms with Crippen molar-refractivity contribution in [3.8, 4) is 0 Å². The van der Waals surface area contributed by atoms with Gasteiger partial charge in [-0.05, 0) is 46.5 Å². The molecule has 126 valence electrons. The Labute approximate surface area is 137 Å². The van der Waals surface area contributed by atoms with E-state index < -0.39 is 11.7 Å². The maximum absolute atomic E-state index is 12.2. The Morgan fingerprint density at radius 2 is 1.82 bits per heavy atom. The Morgan fingerprint density at radius 3 is 2.36 bits per heavy atom. The second kappa shape index (κ2) is 7.07. The number of hydrogen-bond donors (Lipinski definition) is 1. The van der Waals surface area contributed by atoms with Gasteiger partial charge < -0.3 is 15.0 Å². The summed E-state index contributed by atoms with van der Waals surface area (Å²) in [5, 5.41) is 2.97. The summed E-state index contributed by atoms with van der Waals surface area (Å²) in [6.07, 6.45) is 5.61. The van der Waals surface area contributed by atoms with Gasteiger partial charge in [-0.3, -0.25) is 4.79 Å². The SMILES string of the molecule is CC(C)(C)OC(=O)N[C@@H]1CCCC[C@@H]1N(C(=O)CCl)C1CC1. The van der Waals surface area contributed by atoms with Crippen LogP contribution in [0.5, 0.6) is 0 Å². The lowest BCUT2D eigenvalue weighted by Crippen LogP contribution is -2.56. The van der Waals surface area contributed by atoms with Gasteiger partial charge in [-0.25, -0.2) is 4.79 Å². The average Bonchev–Trinajstić information content (AvgIpc) is 3.23. The molecule has 2 amide bonds. The molecule has 0 aromatic heterocycles. The summed E-state index contributed by atoms with van der Waals surface area (Å²) in [6.45, 7) is 5.54. The molecule has 1 N–H and O–H groups in total. The topological polar surface area (TPSA) is 58.6 Å². The minimum atomic E-state index is -0.517. The van der Waals surface area contributed by atoms with Crippen LogP contribution in [0.2, 0.25) is 0 Å². The van der Waals surface area contributed by atoms with Crippen LogP contribution in [0, 0.1) is 0 Å². The Kier molecular flexibility index (Phi) is 5.59. The Bertz CT molecular complexity index is 418. The number of hydrogen-bond acceptors (Lipinski definition) is 3. The zero-order chi connectivity index (χ0) is 16.3. The Morgan fingerprint density at radius 1 is 1.18 bits per heavy atom. The second-order valence-electron chi connectivity index (χ2n) is 7.27. The van der Waals surface area contributed by atoms with Gasteiger partial charge in [-0.15, -0.1) is 11.6 Å². The van der Waals surface area contributed by atoms with E-state index in [2.05, 4.69) is 5.32 Å². The van der Waals surface area contributed by atoms with E-state index in [9.17, 15) is 9.59 Å². The highest BCUT2D eigenvalue weighted by molar-refractivity contribution is 6.27. The zero-order valence-corrected chi connectivity index (χ0v) is 14.5. The number of carbonyl (C=O) groups is 2. The maximum atomic E-state index is 12.2. The molecule has 2 aliphatic rings. The lowest BCUT2D eigenvalue weighted by molar-refractivity contribution is -0.132. The van der Waals surface area contributed by atoms with Crippen LogP contribution in [0.15, 0.2) is 0 Å². The first kappa shape index (κ1) is 17.4. The van der Waals surface area contributed by atoms with E-state index in [0.717, 1.165) is 38.5 Å². The van der Waals surface area contributed by atoms with Gasteiger partial charge in [0, 0.05) is 6.04 Å². The summed E-state index contributed by atoms with van der Waals surface area (Å²) in [4.78, 5) is 26.2. The first-order valence-corrected chi connectivity index (χ1v) is 8.72. The predicted molar refractivity (Wildman–Crippen MR) is 86.0 cm³/mol. The minimum Gasteiger partial charge on any atom is -0.444 e. The molecule has 2 rings (SSSR count). The lowest BCUT2D eigenvalue weighted by atomic mass is 9.89. The van der Waals surface area contributed by atoms with E-state index in [-0.39, 0.29) is 23.9 Å². The third-order valence-electron chi connectivity index (χ3n) is 4.13. The first-order chi connectivity index (χ1) is 10.3. The summed E-state index contributed by atoms with van der Waals surface area (Å²) in [7, 11) is 0. The van der Waals surface area contributed by atoms with Crippen molar-refractivity contribution in [1.29, 1.82) is 0 Å². The average molecular weight is 331 g/mol. The Balaban J connectivity index is 2.03. The number of rotatable bonds is 4. The smallest absolute Gasteiger partial charge is 0.407 e. The molecule has 0 unspecified atom stereocenters. The normalized spacial score (nSPS) is 25.5. The van der Waals surface area contributed by atoms with Crippen LogP contribution in [-0.4, -0.2) is 46.5 Å². The van der Waals surface area contributed by atoms with Crippen LogP contribution < -0.4 is 5.32 Å². The third-order valence-corrected chi connectivity index (χ3v) is 4.36. The molecule has 0 heterocycles. The quantitative estimate of drug-likeness (QED) is 0.806. The second-order valence-corrected chi connectivity index (χ2v) is 7.54. The molecule has 0 spiro atoms. The fourth-order valence-electron chi connectivity index (χ4n) is 3.15. The minimum absolute atomic E-state index is 0.00611. The molecule has 0 aromatic carbocycles. The maximum Gasteiger partial charge on any atom is 0.407 e. The van der Waals surface area contributed by atoms with Crippen molar-refractivity contribution >= 4 is 23.6 Å². The molecule has 0 aliphatic heterocycles. The number of alkyl carbamates (subject to hydrolysis) is 1. The molecule has 5 nitrogen and oxygen atoms in total.